The van der Waals surface area contributed by atoms with Gasteiger partial charge in [-0.15, -0.1) is 0 Å². The maximum Gasteiger partial charge on any atom is 0.341 e. The Morgan fingerprint density at radius 2 is 2.08 bits per heavy atom. The maximum absolute atomic E-state index is 11.9. The van der Waals surface area contributed by atoms with E-state index in [1.807, 2.05) is 0 Å². The molecule has 0 heterocycles. The smallest absolute Gasteiger partial charge is 0.341 e. The lowest BCUT2D eigenvalue weighted by Crippen LogP contribution is -2.17. The molecule has 2 aromatic rings. The number of aliphatic carboxylic acids is 1. The summed E-state index contributed by atoms with van der Waals surface area (Å²) in [6.45, 7) is -0.429. The van der Waals surface area contributed by atoms with Crippen molar-refractivity contribution in [3.63, 3.8) is 0 Å². The molecule has 2 N–H and O–H groups in total. The second kappa shape index (κ2) is 8.47. The number of hydrogen-bond acceptors (Lipinski definition) is 4. The van der Waals surface area contributed by atoms with E-state index in [4.69, 9.17) is 21.4 Å². The first kappa shape index (κ1) is 18.0. The van der Waals surface area contributed by atoms with Gasteiger partial charge in [-0.05, 0) is 57.9 Å². The summed E-state index contributed by atoms with van der Waals surface area (Å²) in [5.41, 5.74) is 3.49. The molecule has 0 radical (unpaired) electrons. The van der Waals surface area contributed by atoms with Crippen LogP contribution in [0.4, 0.5) is 0 Å². The van der Waals surface area contributed by atoms with Crippen molar-refractivity contribution >= 4 is 45.6 Å². The highest BCUT2D eigenvalue weighted by Crippen LogP contribution is 2.25. The second-order valence-corrected chi connectivity index (χ2v) is 5.87. The van der Waals surface area contributed by atoms with E-state index in [1.165, 1.54) is 12.3 Å². The van der Waals surface area contributed by atoms with Gasteiger partial charge in [0.15, 0.2) is 6.61 Å². The van der Waals surface area contributed by atoms with Crippen LogP contribution in [0.3, 0.4) is 0 Å². The van der Waals surface area contributed by atoms with E-state index in [2.05, 4.69) is 26.5 Å². The summed E-state index contributed by atoms with van der Waals surface area (Å²) in [5.74, 6) is -1.04. The molecule has 0 atom stereocenters. The van der Waals surface area contributed by atoms with Crippen molar-refractivity contribution < 1.29 is 19.4 Å². The van der Waals surface area contributed by atoms with Crippen LogP contribution in [0.15, 0.2) is 52.0 Å². The fourth-order valence-corrected chi connectivity index (χ4v) is 2.41. The van der Waals surface area contributed by atoms with E-state index in [9.17, 15) is 9.59 Å². The van der Waals surface area contributed by atoms with E-state index in [0.717, 1.165) is 0 Å². The largest absolute Gasteiger partial charge is 0.481 e. The summed E-state index contributed by atoms with van der Waals surface area (Å²) in [5, 5.41) is 12.9. The highest BCUT2D eigenvalue weighted by Gasteiger charge is 2.06. The topological polar surface area (TPSA) is 88.0 Å². The number of rotatable bonds is 6. The van der Waals surface area contributed by atoms with Crippen LogP contribution >= 0.6 is 27.5 Å². The SMILES string of the molecule is O=C(O)COc1ccc(/C=N\NC(=O)c2cccc(Cl)c2)cc1Br. The third-order valence-corrected chi connectivity index (χ3v) is 3.63. The molecular formula is C16H12BrClN2O4. The van der Waals surface area contributed by atoms with Crippen molar-refractivity contribution in [2.75, 3.05) is 6.61 Å². The van der Waals surface area contributed by atoms with Crippen molar-refractivity contribution in [2.24, 2.45) is 5.10 Å². The van der Waals surface area contributed by atoms with E-state index < -0.39 is 12.6 Å². The first-order chi connectivity index (χ1) is 11.5. The standard InChI is InChI=1S/C16H12BrClN2O4/c17-13-6-10(4-5-14(13)24-9-15(21)22)8-19-20-16(23)11-2-1-3-12(18)7-11/h1-8H,9H2,(H,20,23)(H,21,22)/b19-8-. The maximum atomic E-state index is 11.9. The molecule has 0 spiro atoms. The Kier molecular flexibility index (Phi) is 6.34. The summed E-state index contributed by atoms with van der Waals surface area (Å²) in [4.78, 5) is 22.4. The zero-order valence-corrected chi connectivity index (χ0v) is 14.5. The molecule has 0 aliphatic heterocycles. The average molecular weight is 412 g/mol. The summed E-state index contributed by atoms with van der Waals surface area (Å²) in [7, 11) is 0. The molecule has 0 aromatic heterocycles. The van der Waals surface area contributed by atoms with Crippen molar-refractivity contribution in [3.05, 3.63) is 63.1 Å². The van der Waals surface area contributed by atoms with E-state index >= 15 is 0 Å². The Hall–Kier alpha value is -2.38. The minimum absolute atomic E-state index is 0.380. The second-order valence-electron chi connectivity index (χ2n) is 4.58. The quantitative estimate of drug-likeness (QED) is 0.564. The molecule has 0 bridgehead atoms. The van der Waals surface area contributed by atoms with Gasteiger partial charge in [-0.3, -0.25) is 4.79 Å². The normalized spacial score (nSPS) is 10.6. The fraction of sp³-hybridized carbons (Fsp3) is 0.0625. The van der Waals surface area contributed by atoms with Crippen LogP contribution in [0.5, 0.6) is 5.75 Å². The predicted octanol–water partition coefficient (Wildman–Crippen LogP) is 3.33. The number of halogens is 2. The van der Waals surface area contributed by atoms with Crippen LogP contribution in [-0.2, 0) is 4.79 Å². The summed E-state index contributed by atoms with van der Waals surface area (Å²) < 4.78 is 5.67. The molecule has 0 aliphatic rings. The first-order valence-electron chi connectivity index (χ1n) is 6.69. The van der Waals surface area contributed by atoms with Gasteiger partial charge in [-0.1, -0.05) is 17.7 Å². The lowest BCUT2D eigenvalue weighted by Gasteiger charge is -2.06. The van der Waals surface area contributed by atoms with E-state index in [1.54, 1.807) is 36.4 Å². The minimum atomic E-state index is -1.06. The molecule has 0 fully saturated rings. The van der Waals surface area contributed by atoms with Crippen molar-refractivity contribution in [1.29, 1.82) is 0 Å². The third-order valence-electron chi connectivity index (χ3n) is 2.77. The molecule has 6 nitrogen and oxygen atoms in total. The number of benzene rings is 2. The summed E-state index contributed by atoms with van der Waals surface area (Å²) in [6, 6.07) is 11.5. The van der Waals surface area contributed by atoms with Gasteiger partial charge in [-0.2, -0.15) is 5.10 Å². The zero-order chi connectivity index (χ0) is 17.5. The van der Waals surface area contributed by atoms with Crippen LogP contribution < -0.4 is 10.2 Å². The molecule has 0 unspecified atom stereocenters. The number of nitrogens with one attached hydrogen (secondary N) is 1. The number of carboxylic acids is 1. The Morgan fingerprint density at radius 1 is 1.29 bits per heavy atom. The number of amides is 1. The molecule has 2 rings (SSSR count). The number of hydrazone groups is 1. The van der Waals surface area contributed by atoms with Crippen molar-refractivity contribution in [2.45, 2.75) is 0 Å². The number of ether oxygens (including phenoxy) is 1. The Labute approximate surface area is 151 Å². The van der Waals surface area contributed by atoms with Crippen LogP contribution in [0.25, 0.3) is 0 Å². The number of carbonyl (C=O) groups is 2. The summed E-state index contributed by atoms with van der Waals surface area (Å²) >= 11 is 9.11. The molecule has 8 heteroatoms. The predicted molar refractivity (Wildman–Crippen MR) is 93.8 cm³/mol. The van der Waals surface area contributed by atoms with E-state index in [0.29, 0.717) is 26.4 Å². The van der Waals surface area contributed by atoms with Gasteiger partial charge in [0.1, 0.15) is 5.75 Å². The minimum Gasteiger partial charge on any atom is -0.481 e. The zero-order valence-electron chi connectivity index (χ0n) is 12.2. The van der Waals surface area contributed by atoms with Gasteiger partial charge >= 0.3 is 5.97 Å². The number of carboxylic acid groups (broad SMARTS) is 1. The highest BCUT2D eigenvalue weighted by atomic mass is 79.9. The number of hydrogen-bond donors (Lipinski definition) is 2. The van der Waals surface area contributed by atoms with E-state index in [-0.39, 0.29) is 5.91 Å². The average Bonchev–Trinajstić information content (AvgIpc) is 2.53. The molecular weight excluding hydrogens is 400 g/mol. The van der Waals surface area contributed by atoms with Crippen LogP contribution in [0.1, 0.15) is 15.9 Å². The Morgan fingerprint density at radius 3 is 2.75 bits per heavy atom. The van der Waals surface area contributed by atoms with Crippen LogP contribution in [0, 0.1) is 0 Å². The number of carbonyl (C=O) groups excluding carboxylic acids is 1. The molecule has 0 saturated heterocycles. The molecule has 0 aliphatic carbocycles. The molecule has 24 heavy (non-hydrogen) atoms. The van der Waals surface area contributed by atoms with Crippen molar-refractivity contribution in [3.8, 4) is 5.75 Å². The third kappa shape index (κ3) is 5.36. The van der Waals surface area contributed by atoms with Crippen molar-refractivity contribution in [1.82, 2.24) is 5.43 Å². The Balaban J connectivity index is 1.98. The fourth-order valence-electron chi connectivity index (χ4n) is 1.71. The first-order valence-corrected chi connectivity index (χ1v) is 7.86. The van der Waals surface area contributed by atoms with Crippen LogP contribution in [-0.4, -0.2) is 29.8 Å². The van der Waals surface area contributed by atoms with Gasteiger partial charge in [0.25, 0.3) is 5.91 Å². The number of nitrogens with zero attached hydrogens (tertiary/aromatic N) is 1. The van der Waals surface area contributed by atoms with Crippen LogP contribution in [0.2, 0.25) is 5.02 Å². The molecule has 2 aromatic carbocycles. The van der Waals surface area contributed by atoms with Gasteiger partial charge in [-0.25, -0.2) is 10.2 Å². The Bertz CT molecular complexity index is 795. The van der Waals surface area contributed by atoms with Gasteiger partial charge < -0.3 is 9.84 Å². The summed E-state index contributed by atoms with van der Waals surface area (Å²) in [6.07, 6.45) is 1.45. The lowest BCUT2D eigenvalue weighted by molar-refractivity contribution is -0.139. The van der Waals surface area contributed by atoms with Gasteiger partial charge in [0.2, 0.25) is 0 Å². The van der Waals surface area contributed by atoms with Gasteiger partial charge in [0.05, 0.1) is 10.7 Å². The lowest BCUT2D eigenvalue weighted by atomic mass is 10.2. The monoisotopic (exact) mass is 410 g/mol. The molecule has 124 valence electrons. The highest BCUT2D eigenvalue weighted by molar-refractivity contribution is 9.10. The van der Waals surface area contributed by atoms with Gasteiger partial charge in [0, 0.05) is 10.6 Å². The molecule has 0 saturated carbocycles. The molecule has 1 amide bonds.